The van der Waals surface area contributed by atoms with Crippen LogP contribution in [0, 0.1) is 5.92 Å². The summed E-state index contributed by atoms with van der Waals surface area (Å²) >= 11 is 0. The third kappa shape index (κ3) is 4.14. The first-order valence-corrected chi connectivity index (χ1v) is 11.7. The zero-order valence-corrected chi connectivity index (χ0v) is 16.8. The normalized spacial score (nSPS) is 22.3. The number of hydrogen-bond acceptors (Lipinski definition) is 4. The summed E-state index contributed by atoms with van der Waals surface area (Å²) in [5.74, 6) is 0.0923. The number of amides is 2. The fourth-order valence-corrected chi connectivity index (χ4v) is 6.32. The number of sulfonamides is 1. The number of carbonyl (C=O) groups is 1. The molecular formula is C20H29N3O3S. The number of hydrogen-bond donors (Lipinski definition) is 2. The maximum atomic E-state index is 12.5. The monoisotopic (exact) mass is 391 g/mol. The van der Waals surface area contributed by atoms with Crippen molar-refractivity contribution in [3.8, 4) is 0 Å². The lowest BCUT2D eigenvalue weighted by atomic mass is 9.99. The lowest BCUT2D eigenvalue weighted by molar-refractivity contribution is 0.222. The summed E-state index contributed by atoms with van der Waals surface area (Å²) in [4.78, 5) is 14.7. The van der Waals surface area contributed by atoms with Crippen LogP contribution in [-0.2, 0) is 35.7 Å². The molecule has 1 saturated heterocycles. The number of carbonyl (C=O) groups excluding carboxylic acids is 1. The lowest BCUT2D eigenvalue weighted by Crippen LogP contribution is -2.41. The molecule has 0 bridgehead atoms. The van der Waals surface area contributed by atoms with Gasteiger partial charge in [-0.15, -0.1) is 0 Å². The van der Waals surface area contributed by atoms with E-state index in [2.05, 4.69) is 21.0 Å². The highest BCUT2D eigenvalue weighted by atomic mass is 32.2. The van der Waals surface area contributed by atoms with Gasteiger partial charge in [0.25, 0.3) is 0 Å². The molecule has 2 N–H and O–H groups in total. The summed E-state index contributed by atoms with van der Waals surface area (Å²) in [5.41, 5.74) is 5.93. The second-order valence-corrected chi connectivity index (χ2v) is 10.1. The van der Waals surface area contributed by atoms with Crippen LogP contribution in [0.25, 0.3) is 0 Å². The fraction of sp³-hybridized carbons (Fsp3) is 0.650. The Morgan fingerprint density at radius 2 is 1.78 bits per heavy atom. The molecule has 1 aliphatic heterocycles. The van der Waals surface area contributed by atoms with Gasteiger partial charge in [-0.1, -0.05) is 6.07 Å². The average Bonchev–Trinajstić information content (AvgIpc) is 3.22. The molecule has 1 heterocycles. The van der Waals surface area contributed by atoms with Crippen LogP contribution in [-0.4, -0.2) is 45.2 Å². The quantitative estimate of drug-likeness (QED) is 0.826. The van der Waals surface area contributed by atoms with Crippen molar-refractivity contribution in [1.82, 2.24) is 9.62 Å². The van der Waals surface area contributed by atoms with Gasteiger partial charge >= 0.3 is 6.03 Å². The molecular weight excluding hydrogens is 362 g/mol. The van der Waals surface area contributed by atoms with E-state index in [-0.39, 0.29) is 11.7 Å². The van der Waals surface area contributed by atoms with E-state index in [0.717, 1.165) is 70.1 Å². The maximum Gasteiger partial charge on any atom is 0.332 e. The molecule has 148 valence electrons. The number of aryl methyl sites for hydroxylation is 2. The fourth-order valence-electron chi connectivity index (χ4n) is 5.01. The van der Waals surface area contributed by atoms with Gasteiger partial charge in [0.1, 0.15) is 0 Å². The van der Waals surface area contributed by atoms with Crippen LogP contribution in [0.3, 0.4) is 0 Å². The van der Waals surface area contributed by atoms with Crippen LogP contribution in [0.1, 0.15) is 47.9 Å². The van der Waals surface area contributed by atoms with Crippen molar-refractivity contribution in [3.05, 3.63) is 28.3 Å². The Hall–Kier alpha value is -1.60. The van der Waals surface area contributed by atoms with Crippen LogP contribution < -0.4 is 10.0 Å². The molecule has 1 aromatic rings. The Bertz CT molecular complexity index is 818. The van der Waals surface area contributed by atoms with Crippen LogP contribution in [0.15, 0.2) is 6.07 Å². The Balaban J connectivity index is 1.46. The van der Waals surface area contributed by atoms with Gasteiger partial charge < -0.3 is 10.2 Å². The van der Waals surface area contributed by atoms with Crippen molar-refractivity contribution in [1.29, 1.82) is 0 Å². The van der Waals surface area contributed by atoms with Crippen LogP contribution in [0.2, 0.25) is 0 Å². The Kier molecular flexibility index (Phi) is 5.16. The molecule has 7 heteroatoms. The van der Waals surface area contributed by atoms with E-state index >= 15 is 0 Å². The molecule has 3 aliphatic rings. The molecule has 4 rings (SSSR count). The van der Waals surface area contributed by atoms with Crippen LogP contribution in [0.5, 0.6) is 0 Å². The highest BCUT2D eigenvalue weighted by Crippen LogP contribution is 2.38. The first-order valence-electron chi connectivity index (χ1n) is 10.1. The van der Waals surface area contributed by atoms with Gasteiger partial charge in [0.05, 0.1) is 5.75 Å². The topological polar surface area (TPSA) is 78.5 Å². The van der Waals surface area contributed by atoms with E-state index in [9.17, 15) is 13.2 Å². The predicted octanol–water partition coefficient (Wildman–Crippen LogP) is 2.46. The number of fused-ring (bicyclic) bond motifs is 2. The minimum atomic E-state index is -3.64. The summed E-state index contributed by atoms with van der Waals surface area (Å²) in [6, 6.07) is 1.68. The van der Waals surface area contributed by atoms with Crippen molar-refractivity contribution in [2.45, 2.75) is 51.4 Å². The molecule has 1 aromatic carbocycles. The Morgan fingerprint density at radius 3 is 2.41 bits per heavy atom. The third-order valence-electron chi connectivity index (χ3n) is 6.14. The van der Waals surface area contributed by atoms with Crippen molar-refractivity contribution < 1.29 is 13.2 Å². The van der Waals surface area contributed by atoms with Gasteiger partial charge in [-0.25, -0.2) is 17.9 Å². The molecule has 2 aliphatic carbocycles. The van der Waals surface area contributed by atoms with E-state index in [1.807, 2.05) is 7.05 Å². The smallest absolute Gasteiger partial charge is 0.307 e. The predicted molar refractivity (Wildman–Crippen MR) is 107 cm³/mol. The molecule has 0 spiro atoms. The molecule has 2 amide bonds. The Labute approximate surface area is 161 Å². The zero-order valence-electron chi connectivity index (χ0n) is 16.0. The van der Waals surface area contributed by atoms with E-state index in [4.69, 9.17) is 0 Å². The van der Waals surface area contributed by atoms with Crippen LogP contribution >= 0.6 is 0 Å². The van der Waals surface area contributed by atoms with E-state index < -0.39 is 16.1 Å². The minimum absolute atomic E-state index is 0.00969. The molecule has 1 unspecified atom stereocenters. The van der Waals surface area contributed by atoms with Crippen molar-refractivity contribution in [2.75, 3.05) is 31.2 Å². The highest BCUT2D eigenvalue weighted by Gasteiger charge is 2.28. The second kappa shape index (κ2) is 7.43. The SMILES string of the molecule is CN1CCCC(CS(=O)(=O)NC(=O)Nc2c3c(cc4c2CCC4)CCC3)C1. The summed E-state index contributed by atoms with van der Waals surface area (Å²) < 4.78 is 27.2. The van der Waals surface area contributed by atoms with E-state index in [0.29, 0.717) is 0 Å². The molecule has 27 heavy (non-hydrogen) atoms. The Morgan fingerprint density at radius 1 is 1.11 bits per heavy atom. The second-order valence-electron chi connectivity index (χ2n) is 8.34. The summed E-state index contributed by atoms with van der Waals surface area (Å²) in [6.45, 7) is 1.77. The minimum Gasteiger partial charge on any atom is -0.307 e. The van der Waals surface area contributed by atoms with Gasteiger partial charge in [-0.2, -0.15) is 0 Å². The number of nitrogens with zero attached hydrogens (tertiary/aromatic N) is 1. The number of nitrogens with one attached hydrogen (secondary N) is 2. The summed E-state index contributed by atoms with van der Waals surface area (Å²) in [6.07, 6.45) is 8.11. The van der Waals surface area contributed by atoms with Gasteiger partial charge in [-0.3, -0.25) is 0 Å². The van der Waals surface area contributed by atoms with Crippen molar-refractivity contribution >= 4 is 21.7 Å². The largest absolute Gasteiger partial charge is 0.332 e. The first kappa shape index (κ1) is 18.7. The van der Waals surface area contributed by atoms with E-state index in [1.54, 1.807) is 0 Å². The average molecular weight is 392 g/mol. The van der Waals surface area contributed by atoms with Crippen molar-refractivity contribution in [3.63, 3.8) is 0 Å². The zero-order chi connectivity index (χ0) is 19.0. The van der Waals surface area contributed by atoms with Crippen LogP contribution in [0.4, 0.5) is 10.5 Å². The standard InChI is InChI=1S/C20H29N3O3S/c1-23-10-4-5-14(12-23)13-27(25,26)22-20(24)21-19-17-8-2-6-15(17)11-16-7-3-9-18(16)19/h11,14H,2-10,12-13H2,1H3,(H2,21,22,24). The summed E-state index contributed by atoms with van der Waals surface area (Å²) in [7, 11) is -1.63. The number of likely N-dealkylation sites (tertiary alicyclic amines) is 1. The lowest BCUT2D eigenvalue weighted by Gasteiger charge is -2.29. The maximum absolute atomic E-state index is 12.5. The molecule has 1 fully saturated rings. The third-order valence-corrected chi connectivity index (χ3v) is 7.54. The molecule has 6 nitrogen and oxygen atoms in total. The number of urea groups is 1. The first-order chi connectivity index (χ1) is 12.9. The van der Waals surface area contributed by atoms with E-state index in [1.165, 1.54) is 22.3 Å². The number of anilines is 1. The molecule has 0 aromatic heterocycles. The summed E-state index contributed by atoms with van der Waals surface area (Å²) in [5, 5.41) is 2.91. The number of piperidine rings is 1. The number of rotatable bonds is 4. The molecule has 0 saturated carbocycles. The van der Waals surface area contributed by atoms with Gasteiger partial charge in [0, 0.05) is 12.2 Å². The van der Waals surface area contributed by atoms with Gasteiger partial charge in [0.2, 0.25) is 10.0 Å². The van der Waals surface area contributed by atoms with Gasteiger partial charge in [-0.05, 0) is 93.1 Å². The highest BCUT2D eigenvalue weighted by molar-refractivity contribution is 7.90. The van der Waals surface area contributed by atoms with Crippen molar-refractivity contribution in [2.24, 2.45) is 5.92 Å². The molecule has 1 atom stereocenters. The van der Waals surface area contributed by atoms with Gasteiger partial charge in [0.15, 0.2) is 0 Å². The molecule has 0 radical (unpaired) electrons. The number of benzene rings is 1.